The van der Waals surface area contributed by atoms with E-state index in [1.54, 1.807) is 18.2 Å². The molecule has 0 aliphatic carbocycles. The van der Waals surface area contributed by atoms with E-state index in [2.05, 4.69) is 0 Å². The van der Waals surface area contributed by atoms with Crippen LogP contribution in [0, 0.1) is 0 Å². The van der Waals surface area contributed by atoms with E-state index >= 15 is 0 Å². The molecule has 4 nitrogen and oxygen atoms in total. The molecule has 17 heavy (non-hydrogen) atoms. The van der Waals surface area contributed by atoms with Crippen molar-refractivity contribution in [3.63, 3.8) is 0 Å². The minimum absolute atomic E-state index is 0.0810. The molecule has 0 aliphatic heterocycles. The third-order valence-corrected chi connectivity index (χ3v) is 2.18. The highest BCUT2D eigenvalue weighted by atomic mass is 16.5. The third kappa shape index (κ3) is 3.17. The zero-order valence-corrected chi connectivity index (χ0v) is 10.0. The summed E-state index contributed by atoms with van der Waals surface area (Å²) in [4.78, 5) is 21.8. The molecule has 0 saturated carbocycles. The highest BCUT2D eigenvalue weighted by Gasteiger charge is 2.09. The van der Waals surface area contributed by atoms with Gasteiger partial charge in [0, 0.05) is 5.56 Å². The second kappa shape index (κ2) is 5.84. The SMILES string of the molecule is COc1cc(C=O)c(OC)c(/C=C/C(C)=O)c1. The molecule has 0 amide bonds. The van der Waals surface area contributed by atoms with Gasteiger partial charge in [0.2, 0.25) is 0 Å². The van der Waals surface area contributed by atoms with Crippen molar-refractivity contribution < 1.29 is 19.1 Å². The van der Waals surface area contributed by atoms with Crippen LogP contribution >= 0.6 is 0 Å². The highest BCUT2D eigenvalue weighted by molar-refractivity contribution is 5.93. The van der Waals surface area contributed by atoms with Crippen LogP contribution < -0.4 is 9.47 Å². The summed E-state index contributed by atoms with van der Waals surface area (Å²) in [6.45, 7) is 1.45. The Hall–Kier alpha value is -2.10. The second-order valence-corrected chi connectivity index (χ2v) is 3.40. The smallest absolute Gasteiger partial charge is 0.153 e. The van der Waals surface area contributed by atoms with Crippen molar-refractivity contribution >= 4 is 18.1 Å². The summed E-state index contributed by atoms with van der Waals surface area (Å²) in [6.07, 6.45) is 3.69. The van der Waals surface area contributed by atoms with E-state index in [1.807, 2.05) is 0 Å². The largest absolute Gasteiger partial charge is 0.497 e. The molecule has 0 fully saturated rings. The molecule has 1 aromatic rings. The van der Waals surface area contributed by atoms with E-state index in [-0.39, 0.29) is 5.78 Å². The zero-order valence-electron chi connectivity index (χ0n) is 10.0. The van der Waals surface area contributed by atoms with Gasteiger partial charge >= 0.3 is 0 Å². The number of aldehydes is 1. The van der Waals surface area contributed by atoms with Crippen molar-refractivity contribution in [2.75, 3.05) is 14.2 Å². The average molecular weight is 234 g/mol. The van der Waals surface area contributed by atoms with Gasteiger partial charge in [-0.3, -0.25) is 9.59 Å². The van der Waals surface area contributed by atoms with Gasteiger partial charge in [0.1, 0.15) is 11.5 Å². The Labute approximate surface area is 99.8 Å². The Morgan fingerprint density at radius 1 is 1.18 bits per heavy atom. The summed E-state index contributed by atoms with van der Waals surface area (Å²) in [6, 6.07) is 3.28. The van der Waals surface area contributed by atoms with Gasteiger partial charge in [-0.1, -0.05) is 0 Å². The standard InChI is InChI=1S/C13H14O4/c1-9(15)4-5-10-6-12(16-2)7-11(8-14)13(10)17-3/h4-8H,1-3H3/b5-4+. The van der Waals surface area contributed by atoms with Gasteiger partial charge in [-0.05, 0) is 31.2 Å². The predicted molar refractivity (Wildman–Crippen MR) is 64.6 cm³/mol. The predicted octanol–water partition coefficient (Wildman–Crippen LogP) is 2.12. The Morgan fingerprint density at radius 2 is 1.82 bits per heavy atom. The van der Waals surface area contributed by atoms with Gasteiger partial charge < -0.3 is 9.47 Å². The Kier molecular flexibility index (Phi) is 4.46. The van der Waals surface area contributed by atoms with Crippen molar-refractivity contribution in [2.24, 2.45) is 0 Å². The maximum absolute atomic E-state index is 10.9. The van der Waals surface area contributed by atoms with Crippen LogP contribution in [0.2, 0.25) is 0 Å². The molecule has 0 aliphatic rings. The molecular weight excluding hydrogens is 220 g/mol. The Morgan fingerprint density at radius 3 is 2.29 bits per heavy atom. The normalized spacial score (nSPS) is 10.3. The monoisotopic (exact) mass is 234 g/mol. The van der Waals surface area contributed by atoms with Gasteiger partial charge in [0.15, 0.2) is 12.1 Å². The Balaban J connectivity index is 3.33. The molecule has 1 rings (SSSR count). The van der Waals surface area contributed by atoms with E-state index in [0.29, 0.717) is 28.9 Å². The number of ether oxygens (including phenoxy) is 2. The summed E-state index contributed by atoms with van der Waals surface area (Å²) in [7, 11) is 2.98. The lowest BCUT2D eigenvalue weighted by Gasteiger charge is -2.10. The first-order chi connectivity index (χ1) is 8.12. The molecule has 4 heteroatoms. The Bertz CT molecular complexity index is 461. The molecule has 0 aromatic heterocycles. The van der Waals surface area contributed by atoms with Gasteiger partial charge in [0.25, 0.3) is 0 Å². The molecule has 0 N–H and O–H groups in total. The fourth-order valence-electron chi connectivity index (χ4n) is 1.42. The van der Waals surface area contributed by atoms with E-state index < -0.39 is 0 Å². The number of carbonyl (C=O) groups excluding carboxylic acids is 2. The van der Waals surface area contributed by atoms with Gasteiger partial charge in [-0.25, -0.2) is 0 Å². The van der Waals surface area contributed by atoms with Crippen LogP contribution in [0.15, 0.2) is 18.2 Å². The summed E-state index contributed by atoms with van der Waals surface area (Å²) < 4.78 is 10.2. The number of rotatable bonds is 5. The maximum Gasteiger partial charge on any atom is 0.153 e. The fraction of sp³-hybridized carbons (Fsp3) is 0.231. The van der Waals surface area contributed by atoms with E-state index in [4.69, 9.17) is 9.47 Å². The summed E-state index contributed by atoms with van der Waals surface area (Å²) in [5.41, 5.74) is 1.01. The van der Waals surface area contributed by atoms with Crippen LogP contribution in [-0.2, 0) is 4.79 Å². The lowest BCUT2D eigenvalue weighted by Crippen LogP contribution is -1.96. The summed E-state index contributed by atoms with van der Waals surface area (Å²) >= 11 is 0. The summed E-state index contributed by atoms with van der Waals surface area (Å²) in [5.74, 6) is 0.886. The molecule has 0 radical (unpaired) electrons. The van der Waals surface area contributed by atoms with Crippen molar-refractivity contribution in [3.8, 4) is 11.5 Å². The molecule has 90 valence electrons. The third-order valence-electron chi connectivity index (χ3n) is 2.18. The van der Waals surface area contributed by atoms with Gasteiger partial charge in [-0.2, -0.15) is 0 Å². The van der Waals surface area contributed by atoms with E-state index in [0.717, 1.165) is 0 Å². The van der Waals surface area contributed by atoms with Crippen LogP contribution in [-0.4, -0.2) is 26.3 Å². The maximum atomic E-state index is 10.9. The zero-order chi connectivity index (χ0) is 12.8. The topological polar surface area (TPSA) is 52.6 Å². The van der Waals surface area contributed by atoms with Crippen molar-refractivity contribution in [2.45, 2.75) is 6.92 Å². The average Bonchev–Trinajstić information content (AvgIpc) is 2.34. The molecule has 0 bridgehead atoms. The van der Waals surface area contributed by atoms with Crippen LogP contribution in [0.25, 0.3) is 6.08 Å². The van der Waals surface area contributed by atoms with Crippen molar-refractivity contribution in [1.29, 1.82) is 0 Å². The van der Waals surface area contributed by atoms with E-state index in [1.165, 1.54) is 27.2 Å². The molecule has 0 unspecified atom stereocenters. The first kappa shape index (κ1) is 13.0. The van der Waals surface area contributed by atoms with Crippen molar-refractivity contribution in [1.82, 2.24) is 0 Å². The first-order valence-corrected chi connectivity index (χ1v) is 5.02. The molecule has 0 atom stereocenters. The molecule has 0 spiro atoms. The minimum atomic E-state index is -0.0810. The number of hydrogen-bond donors (Lipinski definition) is 0. The number of allylic oxidation sites excluding steroid dienone is 1. The lowest BCUT2D eigenvalue weighted by atomic mass is 10.1. The quantitative estimate of drug-likeness (QED) is 0.578. The summed E-state index contributed by atoms with van der Waals surface area (Å²) in [5, 5.41) is 0. The number of hydrogen-bond acceptors (Lipinski definition) is 4. The molecule has 1 aromatic carbocycles. The molecule has 0 heterocycles. The molecule has 0 saturated heterocycles. The number of ketones is 1. The van der Waals surface area contributed by atoms with Crippen LogP contribution in [0.5, 0.6) is 11.5 Å². The first-order valence-electron chi connectivity index (χ1n) is 5.02. The highest BCUT2D eigenvalue weighted by Crippen LogP contribution is 2.29. The van der Waals surface area contributed by atoms with Crippen LogP contribution in [0.1, 0.15) is 22.8 Å². The van der Waals surface area contributed by atoms with Crippen LogP contribution in [0.3, 0.4) is 0 Å². The second-order valence-electron chi connectivity index (χ2n) is 3.40. The van der Waals surface area contributed by atoms with Gasteiger partial charge in [0.05, 0.1) is 19.8 Å². The van der Waals surface area contributed by atoms with Crippen molar-refractivity contribution in [3.05, 3.63) is 29.3 Å². The van der Waals surface area contributed by atoms with Gasteiger partial charge in [-0.15, -0.1) is 0 Å². The minimum Gasteiger partial charge on any atom is -0.497 e. The van der Waals surface area contributed by atoms with E-state index in [9.17, 15) is 9.59 Å². The fourth-order valence-corrected chi connectivity index (χ4v) is 1.42. The lowest BCUT2D eigenvalue weighted by molar-refractivity contribution is -0.112. The molecular formula is C13H14O4. The number of carbonyl (C=O) groups is 2. The number of benzene rings is 1. The van der Waals surface area contributed by atoms with Crippen LogP contribution in [0.4, 0.5) is 0 Å². The number of methoxy groups -OCH3 is 2.